The van der Waals surface area contributed by atoms with Gasteiger partial charge in [0.1, 0.15) is 5.82 Å². The first-order valence-electron chi connectivity index (χ1n) is 9.91. The molecule has 2 unspecified atom stereocenters. The number of benzene rings is 2. The van der Waals surface area contributed by atoms with E-state index >= 15 is 0 Å². The Hall–Kier alpha value is -2.43. The van der Waals surface area contributed by atoms with Crippen LogP contribution >= 0.6 is 11.6 Å². The van der Waals surface area contributed by atoms with Gasteiger partial charge >= 0.3 is 0 Å². The molecule has 0 saturated carbocycles. The summed E-state index contributed by atoms with van der Waals surface area (Å²) in [6.07, 6.45) is 5.49. The first-order chi connectivity index (χ1) is 13.9. The normalized spacial score (nSPS) is 18.5. The third-order valence-corrected chi connectivity index (χ3v) is 6.09. The van der Waals surface area contributed by atoms with Crippen molar-refractivity contribution in [1.29, 1.82) is 0 Å². The van der Waals surface area contributed by atoms with Gasteiger partial charge in [-0.05, 0) is 62.6 Å². The van der Waals surface area contributed by atoms with E-state index < -0.39 is 0 Å². The summed E-state index contributed by atoms with van der Waals surface area (Å²) in [5.74, 6) is 0.128. The quantitative estimate of drug-likeness (QED) is 0.540. The molecule has 2 atom stereocenters. The zero-order chi connectivity index (χ0) is 20.5. The summed E-state index contributed by atoms with van der Waals surface area (Å²) in [5.41, 5.74) is 6.61. The topological polar surface area (TPSA) is 29.9 Å². The lowest BCUT2D eigenvalue weighted by atomic mass is 9.96. The molecule has 0 bridgehead atoms. The Balaban J connectivity index is 1.48. The monoisotopic (exact) mass is 409 g/mol. The van der Waals surface area contributed by atoms with Gasteiger partial charge in [0.05, 0.1) is 11.4 Å². The number of allylic oxidation sites excluding steroid dienone is 1. The molecule has 0 radical (unpaired) electrons. The molecule has 5 heteroatoms. The van der Waals surface area contributed by atoms with E-state index in [2.05, 4.69) is 37.4 Å². The molecule has 150 valence electrons. The highest BCUT2D eigenvalue weighted by molar-refractivity contribution is 6.31. The Labute approximate surface area is 176 Å². The van der Waals surface area contributed by atoms with Crippen LogP contribution in [0.3, 0.4) is 0 Å². The maximum absolute atomic E-state index is 13.1. The lowest BCUT2D eigenvalue weighted by Gasteiger charge is -2.15. The van der Waals surface area contributed by atoms with Crippen LogP contribution in [0.25, 0.3) is 5.69 Å². The minimum atomic E-state index is -0.201. The molecule has 1 heterocycles. The van der Waals surface area contributed by atoms with E-state index in [0.717, 1.165) is 46.2 Å². The van der Waals surface area contributed by atoms with Crippen molar-refractivity contribution in [2.45, 2.75) is 45.7 Å². The molecule has 1 N–H and O–H groups in total. The molecule has 1 aliphatic rings. The van der Waals surface area contributed by atoms with Crippen molar-refractivity contribution < 1.29 is 4.39 Å². The minimum Gasteiger partial charge on any atom is -0.306 e. The smallest absolute Gasteiger partial charge is 0.123 e. The van der Waals surface area contributed by atoms with Gasteiger partial charge in [0.15, 0.2) is 0 Å². The lowest BCUT2D eigenvalue weighted by Crippen LogP contribution is -2.25. The fourth-order valence-corrected chi connectivity index (χ4v) is 4.25. The van der Waals surface area contributed by atoms with E-state index in [0.29, 0.717) is 12.0 Å². The van der Waals surface area contributed by atoms with E-state index in [1.165, 1.54) is 17.7 Å². The van der Waals surface area contributed by atoms with E-state index in [9.17, 15) is 4.39 Å². The molecule has 0 fully saturated rings. The van der Waals surface area contributed by atoms with Crippen molar-refractivity contribution >= 4 is 11.6 Å². The molecule has 3 nitrogen and oxygen atoms in total. The van der Waals surface area contributed by atoms with Gasteiger partial charge in [0.25, 0.3) is 0 Å². The molecule has 2 aromatic carbocycles. The number of aromatic nitrogens is 2. The van der Waals surface area contributed by atoms with Crippen LogP contribution < -0.4 is 5.32 Å². The van der Waals surface area contributed by atoms with E-state index in [1.807, 2.05) is 35.9 Å². The van der Waals surface area contributed by atoms with Gasteiger partial charge in [0, 0.05) is 34.8 Å². The SMILES string of the molecule is Cc1ccc(-n2nc(C)c(C3C=CC(NCc4ccc(F)cc4)C3)c2C)cc1Cl. The highest BCUT2D eigenvalue weighted by atomic mass is 35.5. The van der Waals surface area contributed by atoms with Crippen molar-refractivity contribution in [2.75, 3.05) is 0 Å². The Kier molecular flexibility index (Phi) is 5.57. The molecular weight excluding hydrogens is 385 g/mol. The van der Waals surface area contributed by atoms with Crippen LogP contribution in [0.1, 0.15) is 40.4 Å². The fraction of sp³-hybridized carbons (Fsp3) is 0.292. The average molecular weight is 410 g/mol. The second-order valence-electron chi connectivity index (χ2n) is 7.77. The maximum atomic E-state index is 13.1. The summed E-state index contributed by atoms with van der Waals surface area (Å²) in [5, 5.41) is 9.10. The first-order valence-corrected chi connectivity index (χ1v) is 10.3. The summed E-state index contributed by atoms with van der Waals surface area (Å²) >= 11 is 6.32. The molecule has 1 aliphatic carbocycles. The molecule has 0 amide bonds. The first kappa shape index (κ1) is 19.9. The van der Waals surface area contributed by atoms with Crippen LogP contribution in [0.5, 0.6) is 0 Å². The third-order valence-electron chi connectivity index (χ3n) is 5.68. The average Bonchev–Trinajstić information content (AvgIpc) is 3.27. The zero-order valence-electron chi connectivity index (χ0n) is 16.9. The second-order valence-corrected chi connectivity index (χ2v) is 8.18. The minimum absolute atomic E-state index is 0.201. The number of halogens is 2. The highest BCUT2D eigenvalue weighted by Gasteiger charge is 2.26. The zero-order valence-corrected chi connectivity index (χ0v) is 17.7. The summed E-state index contributed by atoms with van der Waals surface area (Å²) in [4.78, 5) is 0. The van der Waals surface area contributed by atoms with Crippen molar-refractivity contribution in [3.8, 4) is 5.69 Å². The van der Waals surface area contributed by atoms with Crippen LogP contribution in [-0.4, -0.2) is 15.8 Å². The Morgan fingerprint density at radius 3 is 2.59 bits per heavy atom. The number of rotatable bonds is 5. The van der Waals surface area contributed by atoms with Gasteiger partial charge in [-0.15, -0.1) is 0 Å². The highest BCUT2D eigenvalue weighted by Crippen LogP contribution is 2.34. The molecule has 4 rings (SSSR count). The molecule has 0 saturated heterocycles. The number of nitrogens with zero attached hydrogens (tertiary/aromatic N) is 2. The van der Waals surface area contributed by atoms with Gasteiger partial charge in [-0.25, -0.2) is 9.07 Å². The van der Waals surface area contributed by atoms with Crippen LogP contribution in [0.4, 0.5) is 4.39 Å². The van der Waals surface area contributed by atoms with Crippen LogP contribution in [0.2, 0.25) is 5.02 Å². The molecule has 0 aliphatic heterocycles. The van der Waals surface area contributed by atoms with E-state index in [4.69, 9.17) is 16.7 Å². The van der Waals surface area contributed by atoms with Gasteiger partial charge in [-0.3, -0.25) is 0 Å². The molecule has 3 aromatic rings. The second kappa shape index (κ2) is 8.13. The largest absolute Gasteiger partial charge is 0.306 e. The van der Waals surface area contributed by atoms with Crippen molar-refractivity contribution in [2.24, 2.45) is 0 Å². The van der Waals surface area contributed by atoms with Crippen molar-refractivity contribution in [1.82, 2.24) is 15.1 Å². The molecule has 29 heavy (non-hydrogen) atoms. The predicted octanol–water partition coefficient (Wildman–Crippen LogP) is 5.79. The van der Waals surface area contributed by atoms with Crippen molar-refractivity contribution in [3.05, 3.63) is 93.5 Å². The number of aryl methyl sites for hydroxylation is 2. The maximum Gasteiger partial charge on any atom is 0.123 e. The number of nitrogens with one attached hydrogen (secondary N) is 1. The lowest BCUT2D eigenvalue weighted by molar-refractivity contribution is 0.558. The fourth-order valence-electron chi connectivity index (χ4n) is 4.07. The van der Waals surface area contributed by atoms with Crippen LogP contribution in [0, 0.1) is 26.6 Å². The van der Waals surface area contributed by atoms with Crippen LogP contribution in [-0.2, 0) is 6.54 Å². The standard InChI is InChI=1S/C24H25ClFN3/c1-15-4-11-22(13-23(15)25)29-17(3)24(16(2)28-29)19-7-10-21(12-19)27-14-18-5-8-20(26)9-6-18/h4-11,13,19,21,27H,12,14H2,1-3H3. The van der Waals surface area contributed by atoms with Gasteiger partial charge in [-0.2, -0.15) is 5.10 Å². The summed E-state index contributed by atoms with van der Waals surface area (Å²) < 4.78 is 15.1. The Morgan fingerprint density at radius 1 is 1.10 bits per heavy atom. The van der Waals surface area contributed by atoms with Crippen molar-refractivity contribution in [3.63, 3.8) is 0 Å². The van der Waals surface area contributed by atoms with Gasteiger partial charge in [-0.1, -0.05) is 42.0 Å². The number of hydrogen-bond acceptors (Lipinski definition) is 2. The van der Waals surface area contributed by atoms with Crippen LogP contribution in [0.15, 0.2) is 54.6 Å². The summed E-state index contributed by atoms with van der Waals surface area (Å²) in [6, 6.07) is 13.0. The number of hydrogen-bond donors (Lipinski definition) is 1. The van der Waals surface area contributed by atoms with E-state index in [1.54, 1.807) is 0 Å². The summed E-state index contributed by atoms with van der Waals surface area (Å²) in [6.45, 7) is 6.92. The van der Waals surface area contributed by atoms with Gasteiger partial charge < -0.3 is 5.32 Å². The molecule has 1 aromatic heterocycles. The van der Waals surface area contributed by atoms with E-state index in [-0.39, 0.29) is 5.82 Å². The Morgan fingerprint density at radius 2 is 1.86 bits per heavy atom. The molecular formula is C24H25ClFN3. The molecule has 0 spiro atoms. The Bertz CT molecular complexity index is 1050. The summed E-state index contributed by atoms with van der Waals surface area (Å²) in [7, 11) is 0. The van der Waals surface area contributed by atoms with Gasteiger partial charge in [0.2, 0.25) is 0 Å². The third kappa shape index (κ3) is 4.14. The predicted molar refractivity (Wildman–Crippen MR) is 116 cm³/mol.